The largest absolute Gasteiger partial charge is 0.301 e. The molecule has 0 N–H and O–H groups in total. The summed E-state index contributed by atoms with van der Waals surface area (Å²) in [5.41, 5.74) is 3.89. The van der Waals surface area contributed by atoms with Crippen LogP contribution in [0.5, 0.6) is 0 Å². The first-order chi connectivity index (χ1) is 15.2. The van der Waals surface area contributed by atoms with Gasteiger partial charge in [-0.3, -0.25) is 9.36 Å². The van der Waals surface area contributed by atoms with E-state index in [0.29, 0.717) is 17.3 Å². The summed E-state index contributed by atoms with van der Waals surface area (Å²) in [7, 11) is 0. The van der Waals surface area contributed by atoms with Crippen molar-refractivity contribution in [1.29, 1.82) is 0 Å². The number of likely N-dealkylation sites (tertiary alicyclic amines) is 1. The highest BCUT2D eigenvalue weighted by Gasteiger charge is 2.24. The standard InChI is InChI=1S/C27H34ClN3O/c1-17(2)26-29-25-11-10-21(22-9-8-19(5)24(28)14-22)13-23(25)27(32)31(26)16-20-7-6-12-30(15-20)18(3)4/h8-11,13-14,17-18,20H,6-7,12,15-16H2,1-5H3/t20-/m0/s1. The molecule has 4 rings (SSSR count). The van der Waals surface area contributed by atoms with Gasteiger partial charge in [0.1, 0.15) is 5.82 Å². The number of hydrogen-bond donors (Lipinski definition) is 0. The lowest BCUT2D eigenvalue weighted by molar-refractivity contribution is 0.129. The molecular formula is C27H34ClN3O. The molecule has 1 aliphatic rings. The Kier molecular flexibility index (Phi) is 6.73. The first-order valence-electron chi connectivity index (χ1n) is 11.8. The van der Waals surface area contributed by atoms with Crippen LogP contribution in [0.1, 0.15) is 57.8 Å². The molecule has 1 aromatic heterocycles. The number of fused-ring (bicyclic) bond motifs is 1. The Morgan fingerprint density at radius 3 is 2.50 bits per heavy atom. The van der Waals surface area contributed by atoms with E-state index in [1.807, 2.05) is 41.8 Å². The third kappa shape index (κ3) is 4.62. The van der Waals surface area contributed by atoms with Crippen LogP contribution in [0.3, 0.4) is 0 Å². The van der Waals surface area contributed by atoms with Crippen LogP contribution in [-0.4, -0.2) is 33.6 Å². The van der Waals surface area contributed by atoms with Crippen LogP contribution < -0.4 is 5.56 Å². The van der Waals surface area contributed by atoms with Crippen LogP contribution in [0.15, 0.2) is 41.2 Å². The molecule has 1 aliphatic heterocycles. The third-order valence-corrected chi connectivity index (χ3v) is 7.13. The Bertz CT molecular complexity index is 1180. The van der Waals surface area contributed by atoms with Crippen LogP contribution in [0.25, 0.3) is 22.0 Å². The van der Waals surface area contributed by atoms with E-state index in [0.717, 1.165) is 59.1 Å². The predicted molar refractivity (Wildman–Crippen MR) is 135 cm³/mol. The number of aryl methyl sites for hydroxylation is 1. The fraction of sp³-hybridized carbons (Fsp3) is 0.481. The molecule has 3 aromatic rings. The maximum Gasteiger partial charge on any atom is 0.261 e. The van der Waals surface area contributed by atoms with E-state index in [2.05, 4.69) is 38.7 Å². The SMILES string of the molecule is Cc1ccc(-c2ccc3nc(C(C)C)n(C[C@H]4CCCN(C(C)C)C4)c(=O)c3c2)cc1Cl. The van der Waals surface area contributed by atoms with Crippen molar-refractivity contribution < 1.29 is 0 Å². The molecule has 2 heterocycles. The van der Waals surface area contributed by atoms with Crippen LogP contribution in [0, 0.1) is 12.8 Å². The van der Waals surface area contributed by atoms with Gasteiger partial charge in [-0.25, -0.2) is 4.98 Å². The molecule has 5 heteroatoms. The topological polar surface area (TPSA) is 38.1 Å². The minimum Gasteiger partial charge on any atom is -0.301 e. The molecule has 1 saturated heterocycles. The fourth-order valence-corrected chi connectivity index (χ4v) is 4.96. The van der Waals surface area contributed by atoms with E-state index in [4.69, 9.17) is 16.6 Å². The van der Waals surface area contributed by atoms with Gasteiger partial charge < -0.3 is 4.90 Å². The zero-order valence-corrected chi connectivity index (χ0v) is 20.6. The highest BCUT2D eigenvalue weighted by atomic mass is 35.5. The molecule has 1 fully saturated rings. The maximum absolute atomic E-state index is 13.7. The van der Waals surface area contributed by atoms with Gasteiger partial charge in [-0.05, 0) is 81.0 Å². The van der Waals surface area contributed by atoms with E-state index in [9.17, 15) is 4.79 Å². The van der Waals surface area contributed by atoms with Crippen LogP contribution in [0.2, 0.25) is 5.02 Å². The Hall–Kier alpha value is -2.17. The van der Waals surface area contributed by atoms with Crippen molar-refractivity contribution in [3.63, 3.8) is 0 Å². The second-order valence-corrected chi connectivity index (χ2v) is 10.2. The monoisotopic (exact) mass is 451 g/mol. The Labute approximate surface area is 196 Å². The molecule has 0 amide bonds. The van der Waals surface area contributed by atoms with E-state index in [-0.39, 0.29) is 11.5 Å². The number of hydrogen-bond acceptors (Lipinski definition) is 3. The van der Waals surface area contributed by atoms with Crippen molar-refractivity contribution in [2.75, 3.05) is 13.1 Å². The number of rotatable bonds is 5. The van der Waals surface area contributed by atoms with Crippen molar-refractivity contribution >= 4 is 22.5 Å². The molecule has 0 radical (unpaired) electrons. The smallest absolute Gasteiger partial charge is 0.261 e. The van der Waals surface area contributed by atoms with Gasteiger partial charge in [0.2, 0.25) is 0 Å². The molecule has 0 bridgehead atoms. The quantitative estimate of drug-likeness (QED) is 0.458. The molecule has 0 spiro atoms. The average Bonchev–Trinajstić information content (AvgIpc) is 2.77. The summed E-state index contributed by atoms with van der Waals surface area (Å²) in [6.07, 6.45) is 2.35. The second-order valence-electron chi connectivity index (χ2n) is 9.83. The lowest BCUT2D eigenvalue weighted by Crippen LogP contribution is -2.42. The van der Waals surface area contributed by atoms with E-state index in [1.165, 1.54) is 6.42 Å². The first kappa shape index (κ1) is 23.0. The van der Waals surface area contributed by atoms with Gasteiger partial charge in [0.25, 0.3) is 5.56 Å². The third-order valence-electron chi connectivity index (χ3n) is 6.73. The van der Waals surface area contributed by atoms with E-state index >= 15 is 0 Å². The van der Waals surface area contributed by atoms with Crippen LogP contribution in [-0.2, 0) is 6.54 Å². The summed E-state index contributed by atoms with van der Waals surface area (Å²) in [4.78, 5) is 21.2. The summed E-state index contributed by atoms with van der Waals surface area (Å²) < 4.78 is 1.95. The molecule has 1 atom stereocenters. The average molecular weight is 452 g/mol. The predicted octanol–water partition coefficient (Wildman–Crippen LogP) is 6.27. The molecule has 0 unspecified atom stereocenters. The fourth-order valence-electron chi connectivity index (χ4n) is 4.78. The zero-order valence-electron chi connectivity index (χ0n) is 19.9. The van der Waals surface area contributed by atoms with E-state index < -0.39 is 0 Å². The summed E-state index contributed by atoms with van der Waals surface area (Å²) in [6.45, 7) is 13.7. The van der Waals surface area contributed by atoms with Gasteiger partial charge in [0.15, 0.2) is 0 Å². The van der Waals surface area contributed by atoms with E-state index in [1.54, 1.807) is 0 Å². The zero-order chi connectivity index (χ0) is 23.0. The molecule has 32 heavy (non-hydrogen) atoms. The van der Waals surface area contributed by atoms with Crippen LogP contribution in [0.4, 0.5) is 0 Å². The van der Waals surface area contributed by atoms with Crippen molar-refractivity contribution in [3.8, 4) is 11.1 Å². The van der Waals surface area contributed by atoms with Crippen LogP contribution >= 0.6 is 11.6 Å². The Morgan fingerprint density at radius 1 is 1.09 bits per heavy atom. The number of benzene rings is 2. The van der Waals surface area contributed by atoms with Crippen molar-refractivity contribution in [3.05, 3.63) is 63.2 Å². The first-order valence-corrected chi connectivity index (χ1v) is 12.2. The number of halogens is 1. The molecule has 2 aromatic carbocycles. The lowest BCUT2D eigenvalue weighted by atomic mass is 9.96. The summed E-state index contributed by atoms with van der Waals surface area (Å²) >= 11 is 6.35. The lowest BCUT2D eigenvalue weighted by Gasteiger charge is -2.36. The highest BCUT2D eigenvalue weighted by molar-refractivity contribution is 6.31. The summed E-state index contributed by atoms with van der Waals surface area (Å²) in [6, 6.07) is 12.6. The summed E-state index contributed by atoms with van der Waals surface area (Å²) in [5, 5.41) is 1.42. The minimum atomic E-state index is 0.0698. The number of nitrogens with zero attached hydrogens (tertiary/aromatic N) is 3. The van der Waals surface area contributed by atoms with Gasteiger partial charge >= 0.3 is 0 Å². The number of aromatic nitrogens is 2. The molecule has 4 nitrogen and oxygen atoms in total. The molecular weight excluding hydrogens is 418 g/mol. The molecule has 0 aliphatic carbocycles. The Balaban J connectivity index is 1.77. The molecule has 170 valence electrons. The Morgan fingerprint density at radius 2 is 1.81 bits per heavy atom. The van der Waals surface area contributed by atoms with Gasteiger partial charge in [0, 0.05) is 30.1 Å². The van der Waals surface area contributed by atoms with Gasteiger partial charge in [-0.2, -0.15) is 0 Å². The molecule has 0 saturated carbocycles. The normalized spacial score (nSPS) is 17.6. The highest BCUT2D eigenvalue weighted by Crippen LogP contribution is 2.28. The van der Waals surface area contributed by atoms with Crippen molar-refractivity contribution in [2.45, 2.75) is 66.0 Å². The van der Waals surface area contributed by atoms with Gasteiger partial charge in [-0.15, -0.1) is 0 Å². The number of piperidine rings is 1. The second kappa shape index (κ2) is 9.36. The van der Waals surface area contributed by atoms with Gasteiger partial charge in [0.05, 0.1) is 10.9 Å². The van der Waals surface area contributed by atoms with Gasteiger partial charge in [-0.1, -0.05) is 43.6 Å². The van der Waals surface area contributed by atoms with Crippen molar-refractivity contribution in [1.82, 2.24) is 14.5 Å². The summed E-state index contributed by atoms with van der Waals surface area (Å²) in [5.74, 6) is 1.54. The maximum atomic E-state index is 13.7. The van der Waals surface area contributed by atoms with Crippen molar-refractivity contribution in [2.24, 2.45) is 5.92 Å². The minimum absolute atomic E-state index is 0.0698.